The Morgan fingerprint density at radius 1 is 1.10 bits per heavy atom. The second-order valence-corrected chi connectivity index (χ2v) is 8.76. The molecular formula is C23H37IN4O. The minimum Gasteiger partial charge on any atom is -0.379 e. The summed E-state index contributed by atoms with van der Waals surface area (Å²) in [4.78, 5) is 9.99. The first-order valence-electron chi connectivity index (χ1n) is 11.2. The average Bonchev–Trinajstić information content (AvgIpc) is 3.36. The molecule has 0 atom stereocenters. The molecule has 1 aromatic carbocycles. The molecule has 1 aliphatic carbocycles. The van der Waals surface area contributed by atoms with Crippen molar-refractivity contribution in [2.75, 3.05) is 45.9 Å². The number of halogens is 1. The van der Waals surface area contributed by atoms with E-state index in [1.54, 1.807) is 0 Å². The number of nitrogens with one attached hydrogen (secondary N) is 1. The van der Waals surface area contributed by atoms with Gasteiger partial charge in [-0.05, 0) is 42.7 Å². The van der Waals surface area contributed by atoms with Crippen molar-refractivity contribution in [1.29, 1.82) is 0 Å². The van der Waals surface area contributed by atoms with Crippen LogP contribution >= 0.6 is 24.0 Å². The summed E-state index contributed by atoms with van der Waals surface area (Å²) in [6, 6.07) is 8.94. The Morgan fingerprint density at radius 3 is 2.62 bits per heavy atom. The molecule has 5 nitrogen and oxygen atoms in total. The van der Waals surface area contributed by atoms with Crippen LogP contribution in [0.2, 0.25) is 0 Å². The monoisotopic (exact) mass is 512 g/mol. The number of ether oxygens (including phenoxy) is 1. The molecule has 29 heavy (non-hydrogen) atoms. The van der Waals surface area contributed by atoms with Gasteiger partial charge in [0.25, 0.3) is 0 Å². The lowest BCUT2D eigenvalue weighted by atomic mass is 9.86. The molecule has 0 bridgehead atoms. The number of morpholine rings is 1. The summed E-state index contributed by atoms with van der Waals surface area (Å²) in [7, 11) is 0. The zero-order valence-corrected chi connectivity index (χ0v) is 20.2. The van der Waals surface area contributed by atoms with E-state index in [4.69, 9.17) is 9.73 Å². The Hall–Kier alpha value is -0.860. The van der Waals surface area contributed by atoms with Gasteiger partial charge in [0, 0.05) is 39.3 Å². The average molecular weight is 512 g/mol. The number of aliphatic imine (C=N–C) groups is 1. The van der Waals surface area contributed by atoms with Gasteiger partial charge in [-0.1, -0.05) is 37.1 Å². The zero-order valence-electron chi connectivity index (χ0n) is 17.9. The van der Waals surface area contributed by atoms with Crippen molar-refractivity contribution in [2.24, 2.45) is 10.4 Å². The zero-order chi connectivity index (χ0) is 19.2. The van der Waals surface area contributed by atoms with Crippen molar-refractivity contribution in [3.05, 3.63) is 35.4 Å². The van der Waals surface area contributed by atoms with E-state index in [9.17, 15) is 0 Å². The Balaban J connectivity index is 0.00000240. The number of benzene rings is 1. The molecule has 0 unspecified atom stereocenters. The highest BCUT2D eigenvalue weighted by atomic mass is 127. The molecule has 2 saturated heterocycles. The molecule has 2 heterocycles. The lowest BCUT2D eigenvalue weighted by Gasteiger charge is -2.26. The van der Waals surface area contributed by atoms with Crippen LogP contribution < -0.4 is 5.32 Å². The van der Waals surface area contributed by atoms with Crippen LogP contribution in [0.25, 0.3) is 0 Å². The van der Waals surface area contributed by atoms with Crippen LogP contribution in [0.5, 0.6) is 0 Å². The quantitative estimate of drug-likeness (QED) is 0.370. The summed E-state index contributed by atoms with van der Waals surface area (Å²) in [6.45, 7) is 11.0. The summed E-state index contributed by atoms with van der Waals surface area (Å²) in [5.41, 5.74) is 3.26. The van der Waals surface area contributed by atoms with Gasteiger partial charge in [0.1, 0.15) is 0 Å². The highest BCUT2D eigenvalue weighted by molar-refractivity contribution is 14.0. The molecule has 3 fully saturated rings. The Labute approximate surface area is 193 Å². The van der Waals surface area contributed by atoms with Gasteiger partial charge in [0.15, 0.2) is 5.96 Å². The SMILES string of the molecule is CCNC(=NCc1cccc(CN2CCOCC2)c1)N1CCC2(CCCC2)C1.I. The number of likely N-dealkylation sites (tertiary alicyclic amines) is 1. The van der Waals surface area contributed by atoms with E-state index in [0.29, 0.717) is 5.41 Å². The first-order chi connectivity index (χ1) is 13.8. The number of hydrogen-bond acceptors (Lipinski definition) is 3. The van der Waals surface area contributed by atoms with Gasteiger partial charge < -0.3 is 15.0 Å². The third-order valence-electron chi connectivity index (χ3n) is 6.65. The number of guanidine groups is 1. The molecule has 1 N–H and O–H groups in total. The first-order valence-corrected chi connectivity index (χ1v) is 11.2. The predicted molar refractivity (Wildman–Crippen MR) is 130 cm³/mol. The van der Waals surface area contributed by atoms with E-state index < -0.39 is 0 Å². The first kappa shape index (κ1) is 22.8. The van der Waals surface area contributed by atoms with Gasteiger partial charge in [-0.15, -0.1) is 24.0 Å². The van der Waals surface area contributed by atoms with E-state index >= 15 is 0 Å². The van der Waals surface area contributed by atoms with Crippen LogP contribution in [0.1, 0.15) is 50.2 Å². The van der Waals surface area contributed by atoms with Crippen LogP contribution in [0, 0.1) is 5.41 Å². The van der Waals surface area contributed by atoms with Crippen molar-refractivity contribution in [3.8, 4) is 0 Å². The van der Waals surface area contributed by atoms with Gasteiger partial charge in [-0.25, -0.2) is 4.99 Å². The molecule has 1 spiro atoms. The van der Waals surface area contributed by atoms with Gasteiger partial charge in [0.05, 0.1) is 19.8 Å². The van der Waals surface area contributed by atoms with Gasteiger partial charge in [-0.3, -0.25) is 4.90 Å². The standard InChI is InChI=1S/C23H36N4O.HI/c1-2-24-22(27-11-10-23(19-27)8-3-4-9-23)25-17-20-6-5-7-21(16-20)18-26-12-14-28-15-13-26;/h5-7,16H,2-4,8-15,17-19H2,1H3,(H,24,25);1H. The highest BCUT2D eigenvalue weighted by Crippen LogP contribution is 2.45. The molecule has 0 radical (unpaired) electrons. The van der Waals surface area contributed by atoms with E-state index in [1.165, 1.54) is 49.8 Å². The predicted octanol–water partition coefficient (Wildman–Crippen LogP) is 3.87. The summed E-state index contributed by atoms with van der Waals surface area (Å²) < 4.78 is 5.46. The maximum Gasteiger partial charge on any atom is 0.194 e. The summed E-state index contributed by atoms with van der Waals surface area (Å²) in [5.74, 6) is 1.10. The van der Waals surface area contributed by atoms with E-state index in [-0.39, 0.29) is 24.0 Å². The van der Waals surface area contributed by atoms with Crippen molar-refractivity contribution in [2.45, 2.75) is 52.1 Å². The maximum atomic E-state index is 5.46. The maximum absolute atomic E-state index is 5.46. The minimum atomic E-state index is 0. The molecule has 1 saturated carbocycles. The van der Waals surface area contributed by atoms with Crippen molar-refractivity contribution < 1.29 is 4.74 Å². The fourth-order valence-electron chi connectivity index (χ4n) is 5.08. The molecule has 2 aliphatic heterocycles. The number of hydrogen-bond donors (Lipinski definition) is 1. The molecule has 1 aromatic rings. The Kier molecular flexibility index (Phi) is 8.62. The highest BCUT2D eigenvalue weighted by Gasteiger charge is 2.41. The molecule has 4 rings (SSSR count). The lowest BCUT2D eigenvalue weighted by Crippen LogP contribution is -2.41. The van der Waals surface area contributed by atoms with E-state index in [0.717, 1.165) is 58.4 Å². The van der Waals surface area contributed by atoms with Gasteiger partial charge >= 0.3 is 0 Å². The number of rotatable bonds is 5. The molecule has 0 amide bonds. The van der Waals surface area contributed by atoms with E-state index in [1.807, 2.05) is 0 Å². The van der Waals surface area contributed by atoms with Crippen molar-refractivity contribution in [1.82, 2.24) is 15.1 Å². The van der Waals surface area contributed by atoms with Crippen LogP contribution in [0.15, 0.2) is 29.3 Å². The second kappa shape index (κ2) is 11.0. The van der Waals surface area contributed by atoms with Gasteiger partial charge in [0.2, 0.25) is 0 Å². The third kappa shape index (κ3) is 6.07. The van der Waals surface area contributed by atoms with Crippen LogP contribution in [-0.4, -0.2) is 61.7 Å². The van der Waals surface area contributed by atoms with Gasteiger partial charge in [-0.2, -0.15) is 0 Å². The largest absolute Gasteiger partial charge is 0.379 e. The van der Waals surface area contributed by atoms with Crippen molar-refractivity contribution >= 4 is 29.9 Å². The topological polar surface area (TPSA) is 40.1 Å². The normalized spacial score (nSPS) is 22.1. The third-order valence-corrected chi connectivity index (χ3v) is 6.65. The summed E-state index contributed by atoms with van der Waals surface area (Å²) in [6.07, 6.45) is 6.99. The number of nitrogens with zero attached hydrogens (tertiary/aromatic N) is 3. The fraction of sp³-hybridized carbons (Fsp3) is 0.696. The summed E-state index contributed by atoms with van der Waals surface area (Å²) >= 11 is 0. The molecule has 162 valence electrons. The van der Waals surface area contributed by atoms with Crippen LogP contribution in [-0.2, 0) is 17.8 Å². The smallest absolute Gasteiger partial charge is 0.194 e. The molecule has 6 heteroatoms. The fourth-order valence-corrected chi connectivity index (χ4v) is 5.08. The molecule has 3 aliphatic rings. The van der Waals surface area contributed by atoms with Crippen LogP contribution in [0.4, 0.5) is 0 Å². The Morgan fingerprint density at radius 2 is 1.86 bits per heavy atom. The minimum absolute atomic E-state index is 0. The van der Waals surface area contributed by atoms with Crippen molar-refractivity contribution in [3.63, 3.8) is 0 Å². The lowest BCUT2D eigenvalue weighted by molar-refractivity contribution is 0.0342. The summed E-state index contributed by atoms with van der Waals surface area (Å²) in [5, 5.41) is 3.54. The van der Waals surface area contributed by atoms with E-state index in [2.05, 4.69) is 46.3 Å². The van der Waals surface area contributed by atoms with Crippen LogP contribution in [0.3, 0.4) is 0 Å². The second-order valence-electron chi connectivity index (χ2n) is 8.76. The molecule has 0 aromatic heterocycles. The molecular weight excluding hydrogens is 475 g/mol. The Bertz CT molecular complexity index is 669.